The molecule has 0 spiro atoms. The van der Waals surface area contributed by atoms with Crippen LogP contribution in [0.2, 0.25) is 0 Å². The van der Waals surface area contributed by atoms with Crippen LogP contribution in [-0.4, -0.2) is 26.3 Å². The highest BCUT2D eigenvalue weighted by molar-refractivity contribution is 5.86. The van der Waals surface area contributed by atoms with Crippen molar-refractivity contribution in [3.8, 4) is 0 Å². The number of rotatable bonds is 4. The highest BCUT2D eigenvalue weighted by atomic mass is 15.3. The van der Waals surface area contributed by atoms with Crippen molar-refractivity contribution in [2.24, 2.45) is 12.8 Å². The number of fused-ring (bicyclic) bond motifs is 1. The van der Waals surface area contributed by atoms with Gasteiger partial charge in [0.05, 0.1) is 17.6 Å². The van der Waals surface area contributed by atoms with E-state index in [-0.39, 0.29) is 6.04 Å². The van der Waals surface area contributed by atoms with Gasteiger partial charge < -0.3 is 11.1 Å². The Morgan fingerprint density at radius 2 is 2.05 bits per heavy atom. The second kappa shape index (κ2) is 5.26. The van der Waals surface area contributed by atoms with Gasteiger partial charge in [-0.05, 0) is 5.56 Å². The fourth-order valence-corrected chi connectivity index (χ4v) is 2.21. The number of nitrogens with two attached hydrogens (primary N) is 1. The van der Waals surface area contributed by atoms with Gasteiger partial charge in [0.1, 0.15) is 12.1 Å². The van der Waals surface area contributed by atoms with Crippen LogP contribution in [0.3, 0.4) is 0 Å². The molecule has 6 nitrogen and oxygen atoms in total. The van der Waals surface area contributed by atoms with Crippen molar-refractivity contribution in [1.29, 1.82) is 0 Å². The van der Waals surface area contributed by atoms with E-state index in [1.165, 1.54) is 6.33 Å². The van der Waals surface area contributed by atoms with Crippen molar-refractivity contribution in [2.45, 2.75) is 6.04 Å². The molecule has 102 valence electrons. The number of nitrogens with one attached hydrogen (secondary N) is 1. The van der Waals surface area contributed by atoms with Crippen LogP contribution in [0.5, 0.6) is 0 Å². The van der Waals surface area contributed by atoms with Crippen molar-refractivity contribution in [3.05, 3.63) is 48.4 Å². The van der Waals surface area contributed by atoms with Crippen LogP contribution in [-0.2, 0) is 7.05 Å². The molecule has 0 bridgehead atoms. The van der Waals surface area contributed by atoms with Crippen molar-refractivity contribution in [3.63, 3.8) is 0 Å². The second-order valence-corrected chi connectivity index (χ2v) is 4.57. The minimum absolute atomic E-state index is 0.00880. The van der Waals surface area contributed by atoms with E-state index >= 15 is 0 Å². The maximum Gasteiger partial charge on any atom is 0.163 e. The van der Waals surface area contributed by atoms with Crippen molar-refractivity contribution in [1.82, 2.24) is 19.7 Å². The van der Waals surface area contributed by atoms with Crippen molar-refractivity contribution < 1.29 is 0 Å². The minimum Gasteiger partial charge on any atom is -0.361 e. The van der Waals surface area contributed by atoms with Gasteiger partial charge in [0, 0.05) is 13.6 Å². The van der Waals surface area contributed by atoms with Crippen LogP contribution in [0.4, 0.5) is 5.82 Å². The molecular formula is C14H16N6. The van der Waals surface area contributed by atoms with E-state index in [9.17, 15) is 0 Å². The summed E-state index contributed by atoms with van der Waals surface area (Å²) in [5.41, 5.74) is 7.80. The molecule has 0 aliphatic carbocycles. The van der Waals surface area contributed by atoms with E-state index in [0.717, 1.165) is 22.4 Å². The number of aryl methyl sites for hydroxylation is 1. The van der Waals surface area contributed by atoms with Gasteiger partial charge in [-0.2, -0.15) is 5.10 Å². The van der Waals surface area contributed by atoms with Crippen LogP contribution in [0.15, 0.2) is 42.9 Å². The Morgan fingerprint density at radius 3 is 2.80 bits per heavy atom. The predicted molar refractivity (Wildman–Crippen MR) is 78.2 cm³/mol. The summed E-state index contributed by atoms with van der Waals surface area (Å²) in [6.45, 7) is 0.482. The Balaban J connectivity index is 1.96. The normalized spacial score (nSPS) is 12.5. The number of hydrogen-bond donors (Lipinski definition) is 2. The van der Waals surface area contributed by atoms with Crippen LogP contribution in [0.25, 0.3) is 11.0 Å². The van der Waals surface area contributed by atoms with Crippen LogP contribution >= 0.6 is 0 Å². The molecule has 3 aromatic rings. The van der Waals surface area contributed by atoms with Gasteiger partial charge in [-0.1, -0.05) is 30.3 Å². The zero-order valence-corrected chi connectivity index (χ0v) is 11.2. The molecular weight excluding hydrogens is 252 g/mol. The largest absolute Gasteiger partial charge is 0.361 e. The molecule has 1 unspecified atom stereocenters. The molecule has 1 atom stereocenters. The third-order valence-corrected chi connectivity index (χ3v) is 3.28. The van der Waals surface area contributed by atoms with Crippen molar-refractivity contribution >= 4 is 16.9 Å². The summed E-state index contributed by atoms with van der Waals surface area (Å²) in [7, 11) is 1.86. The van der Waals surface area contributed by atoms with Crippen LogP contribution in [0, 0.1) is 0 Å². The first-order valence-electron chi connectivity index (χ1n) is 6.44. The Bertz CT molecular complexity index is 706. The molecule has 0 aliphatic heterocycles. The van der Waals surface area contributed by atoms with E-state index in [4.69, 9.17) is 5.73 Å². The van der Waals surface area contributed by atoms with Gasteiger partial charge in [0.25, 0.3) is 0 Å². The van der Waals surface area contributed by atoms with E-state index < -0.39 is 0 Å². The Hall–Kier alpha value is -2.47. The van der Waals surface area contributed by atoms with Crippen LogP contribution < -0.4 is 11.1 Å². The van der Waals surface area contributed by atoms with E-state index in [1.54, 1.807) is 10.9 Å². The highest BCUT2D eigenvalue weighted by Crippen LogP contribution is 2.23. The summed E-state index contributed by atoms with van der Waals surface area (Å²) in [6, 6.07) is 10.1. The Labute approximate surface area is 116 Å². The molecule has 1 aromatic carbocycles. The third kappa shape index (κ3) is 2.21. The monoisotopic (exact) mass is 268 g/mol. The lowest BCUT2D eigenvalue weighted by atomic mass is 10.1. The maximum absolute atomic E-state index is 5.88. The average Bonchev–Trinajstić information content (AvgIpc) is 2.88. The molecule has 2 aromatic heterocycles. The molecule has 20 heavy (non-hydrogen) atoms. The quantitative estimate of drug-likeness (QED) is 0.749. The molecule has 6 heteroatoms. The minimum atomic E-state index is 0.00880. The summed E-state index contributed by atoms with van der Waals surface area (Å²) in [4.78, 5) is 8.53. The number of benzene rings is 1. The molecule has 0 saturated heterocycles. The second-order valence-electron chi connectivity index (χ2n) is 4.57. The highest BCUT2D eigenvalue weighted by Gasteiger charge is 2.13. The summed E-state index contributed by atoms with van der Waals surface area (Å²) >= 11 is 0. The Kier molecular flexibility index (Phi) is 3.30. The van der Waals surface area contributed by atoms with Gasteiger partial charge in [0.15, 0.2) is 5.65 Å². The first-order chi connectivity index (χ1) is 9.79. The smallest absolute Gasteiger partial charge is 0.163 e. The van der Waals surface area contributed by atoms with Gasteiger partial charge in [-0.15, -0.1) is 0 Å². The zero-order valence-electron chi connectivity index (χ0n) is 11.2. The fourth-order valence-electron chi connectivity index (χ4n) is 2.21. The third-order valence-electron chi connectivity index (χ3n) is 3.28. The Morgan fingerprint density at radius 1 is 1.25 bits per heavy atom. The van der Waals surface area contributed by atoms with Gasteiger partial charge in [-0.3, -0.25) is 4.68 Å². The summed E-state index contributed by atoms with van der Waals surface area (Å²) in [5.74, 6) is 0.752. The van der Waals surface area contributed by atoms with Gasteiger partial charge >= 0.3 is 0 Å². The SMILES string of the molecule is Cn1ncc2c(NC(CN)c3ccccc3)ncnc21. The van der Waals surface area contributed by atoms with Crippen LogP contribution in [0.1, 0.15) is 11.6 Å². The average molecular weight is 268 g/mol. The molecule has 2 heterocycles. The molecule has 0 amide bonds. The fraction of sp³-hybridized carbons (Fsp3) is 0.214. The van der Waals surface area contributed by atoms with Crippen molar-refractivity contribution in [2.75, 3.05) is 11.9 Å². The molecule has 0 fully saturated rings. The zero-order chi connectivity index (χ0) is 13.9. The molecule has 0 saturated carbocycles. The van der Waals surface area contributed by atoms with Gasteiger partial charge in [-0.25, -0.2) is 9.97 Å². The topological polar surface area (TPSA) is 81.7 Å². The van der Waals surface area contributed by atoms with Gasteiger partial charge in [0.2, 0.25) is 0 Å². The first-order valence-corrected chi connectivity index (χ1v) is 6.44. The lowest BCUT2D eigenvalue weighted by Gasteiger charge is -2.18. The maximum atomic E-state index is 5.88. The molecule has 0 aliphatic rings. The van der Waals surface area contributed by atoms with E-state index in [0.29, 0.717) is 6.54 Å². The molecule has 3 rings (SSSR count). The number of nitrogens with zero attached hydrogens (tertiary/aromatic N) is 4. The first kappa shape index (κ1) is 12.6. The molecule has 0 radical (unpaired) electrons. The standard InChI is InChI=1S/C14H16N6/c1-20-14-11(8-18-20)13(16-9-17-14)19-12(7-15)10-5-3-2-4-6-10/h2-6,8-9,12H,7,15H2,1H3,(H,16,17,19). The lowest BCUT2D eigenvalue weighted by Crippen LogP contribution is -2.21. The predicted octanol–water partition coefficient (Wildman–Crippen LogP) is 1.48. The lowest BCUT2D eigenvalue weighted by molar-refractivity contribution is 0.780. The summed E-state index contributed by atoms with van der Waals surface area (Å²) in [6.07, 6.45) is 3.29. The number of hydrogen-bond acceptors (Lipinski definition) is 5. The van der Waals surface area contributed by atoms with E-state index in [1.807, 2.05) is 37.4 Å². The van der Waals surface area contributed by atoms with E-state index in [2.05, 4.69) is 20.4 Å². The summed E-state index contributed by atoms with van der Waals surface area (Å²) in [5, 5.41) is 8.47. The summed E-state index contributed by atoms with van der Waals surface area (Å²) < 4.78 is 1.72. The molecule has 3 N–H and O–H groups in total. The number of anilines is 1. The number of aromatic nitrogens is 4.